The van der Waals surface area contributed by atoms with Gasteiger partial charge in [-0.3, -0.25) is 9.38 Å². The normalized spacial score (nSPS) is 12.7. The number of benzene rings is 1. The number of aromatic nitrogens is 4. The molecule has 0 fully saturated rings. The molecule has 0 spiro atoms. The van der Waals surface area contributed by atoms with Crippen LogP contribution in [0.5, 0.6) is 0 Å². The Balaban J connectivity index is 1.88. The Morgan fingerprint density at radius 1 is 1.10 bits per heavy atom. The maximum atomic E-state index is 14.1. The zero-order valence-electron chi connectivity index (χ0n) is 15.5. The first-order valence-electron chi connectivity index (χ1n) is 8.58. The SMILES string of the molecule is CCOC(F)(F)c1nnc2cnc(-c3ccc(COCC(F)(F)F)cc3C)cn12. The molecule has 0 saturated heterocycles. The molecule has 0 radical (unpaired) electrons. The van der Waals surface area contributed by atoms with E-state index in [9.17, 15) is 22.0 Å². The maximum absolute atomic E-state index is 14.1. The number of nitrogens with zero attached hydrogens (tertiary/aromatic N) is 4. The predicted octanol–water partition coefficient (Wildman–Crippen LogP) is 4.26. The lowest BCUT2D eigenvalue weighted by atomic mass is 10.0. The topological polar surface area (TPSA) is 61.5 Å². The first-order chi connectivity index (χ1) is 13.6. The number of ether oxygens (including phenoxy) is 2. The molecule has 6 nitrogen and oxygen atoms in total. The smallest absolute Gasteiger partial charge is 0.367 e. The van der Waals surface area contributed by atoms with Gasteiger partial charge in [-0.05, 0) is 25.0 Å². The van der Waals surface area contributed by atoms with Crippen molar-refractivity contribution in [3.8, 4) is 11.3 Å². The van der Waals surface area contributed by atoms with Crippen molar-refractivity contribution in [1.82, 2.24) is 19.6 Å². The number of hydrogen-bond donors (Lipinski definition) is 0. The van der Waals surface area contributed by atoms with Crippen molar-refractivity contribution in [3.05, 3.63) is 47.5 Å². The maximum Gasteiger partial charge on any atom is 0.418 e. The van der Waals surface area contributed by atoms with Crippen LogP contribution in [0.4, 0.5) is 22.0 Å². The highest BCUT2D eigenvalue weighted by molar-refractivity contribution is 5.64. The minimum absolute atomic E-state index is 0.123. The van der Waals surface area contributed by atoms with E-state index in [1.54, 1.807) is 25.1 Å². The summed E-state index contributed by atoms with van der Waals surface area (Å²) in [6.07, 6.45) is -5.36. The predicted molar refractivity (Wildman–Crippen MR) is 92.2 cm³/mol. The average Bonchev–Trinajstić information content (AvgIpc) is 3.05. The van der Waals surface area contributed by atoms with Crippen molar-refractivity contribution in [2.24, 2.45) is 0 Å². The first-order valence-corrected chi connectivity index (χ1v) is 8.58. The Hall–Kier alpha value is -2.66. The summed E-state index contributed by atoms with van der Waals surface area (Å²) in [5.74, 6) is -0.673. The fourth-order valence-electron chi connectivity index (χ4n) is 2.77. The summed E-state index contributed by atoms with van der Waals surface area (Å²) in [5, 5.41) is 7.17. The van der Waals surface area contributed by atoms with Crippen LogP contribution in [0.25, 0.3) is 16.9 Å². The molecule has 0 bridgehead atoms. The molecule has 11 heteroatoms. The van der Waals surface area contributed by atoms with E-state index in [1.165, 1.54) is 19.3 Å². The third kappa shape index (κ3) is 4.85. The molecule has 156 valence electrons. The van der Waals surface area contributed by atoms with Gasteiger partial charge in [0.1, 0.15) is 6.61 Å². The van der Waals surface area contributed by atoms with Crippen molar-refractivity contribution in [2.75, 3.05) is 13.2 Å². The zero-order valence-corrected chi connectivity index (χ0v) is 15.5. The second-order valence-corrected chi connectivity index (χ2v) is 6.23. The van der Waals surface area contributed by atoms with Crippen molar-refractivity contribution >= 4 is 5.65 Å². The van der Waals surface area contributed by atoms with Gasteiger partial charge in [0.05, 0.1) is 25.1 Å². The van der Waals surface area contributed by atoms with E-state index in [0.29, 0.717) is 22.4 Å². The van der Waals surface area contributed by atoms with Gasteiger partial charge in [-0.2, -0.15) is 22.0 Å². The van der Waals surface area contributed by atoms with Gasteiger partial charge in [0, 0.05) is 11.8 Å². The summed E-state index contributed by atoms with van der Waals surface area (Å²) in [7, 11) is 0. The number of alkyl halides is 5. The highest BCUT2D eigenvalue weighted by Crippen LogP contribution is 2.29. The van der Waals surface area contributed by atoms with Crippen LogP contribution in [-0.4, -0.2) is 39.0 Å². The van der Waals surface area contributed by atoms with Crippen molar-refractivity contribution in [3.63, 3.8) is 0 Å². The largest absolute Gasteiger partial charge is 0.418 e. The molecule has 29 heavy (non-hydrogen) atoms. The van der Waals surface area contributed by atoms with Crippen LogP contribution in [-0.2, 0) is 22.2 Å². The standard InChI is InChI=1S/C18H17F5N4O2/c1-3-29-18(22,23)16-26-25-15-7-24-14(8-27(15)16)13-5-4-12(6-11(13)2)9-28-10-17(19,20)21/h4-8H,3,9-10H2,1-2H3. The Morgan fingerprint density at radius 2 is 1.86 bits per heavy atom. The molecule has 0 atom stereocenters. The van der Waals surface area contributed by atoms with Crippen molar-refractivity contribution < 1.29 is 31.4 Å². The number of aryl methyl sites for hydroxylation is 1. The third-order valence-electron chi connectivity index (χ3n) is 3.98. The monoisotopic (exact) mass is 416 g/mol. The summed E-state index contributed by atoms with van der Waals surface area (Å²) in [5.41, 5.74) is 2.34. The van der Waals surface area contributed by atoms with E-state index in [-0.39, 0.29) is 18.9 Å². The summed E-state index contributed by atoms with van der Waals surface area (Å²) in [4.78, 5) is 4.21. The molecular weight excluding hydrogens is 399 g/mol. The van der Waals surface area contributed by atoms with Crippen LogP contribution in [0.1, 0.15) is 23.9 Å². The molecule has 0 aliphatic heterocycles. The zero-order chi connectivity index (χ0) is 21.2. The fourth-order valence-corrected chi connectivity index (χ4v) is 2.77. The highest BCUT2D eigenvalue weighted by Gasteiger charge is 2.38. The van der Waals surface area contributed by atoms with Gasteiger partial charge in [-0.25, -0.2) is 0 Å². The van der Waals surface area contributed by atoms with Gasteiger partial charge >= 0.3 is 12.3 Å². The van der Waals surface area contributed by atoms with Gasteiger partial charge in [-0.1, -0.05) is 18.2 Å². The molecule has 0 amide bonds. The molecule has 0 aliphatic rings. The van der Waals surface area contributed by atoms with Gasteiger partial charge in [0.15, 0.2) is 5.65 Å². The van der Waals surface area contributed by atoms with E-state index >= 15 is 0 Å². The molecule has 0 unspecified atom stereocenters. The van der Waals surface area contributed by atoms with Crippen molar-refractivity contribution in [2.45, 2.75) is 32.7 Å². The van der Waals surface area contributed by atoms with E-state index in [0.717, 1.165) is 4.40 Å². The minimum Gasteiger partial charge on any atom is -0.367 e. The summed E-state index contributed by atoms with van der Waals surface area (Å²) < 4.78 is 75.0. The number of fused-ring (bicyclic) bond motifs is 1. The van der Waals surface area contributed by atoms with Crippen LogP contribution < -0.4 is 0 Å². The average molecular weight is 416 g/mol. The molecule has 0 aliphatic carbocycles. The summed E-state index contributed by atoms with van der Waals surface area (Å²) in [6.45, 7) is 1.42. The van der Waals surface area contributed by atoms with Crippen LogP contribution in [0, 0.1) is 6.92 Å². The second-order valence-electron chi connectivity index (χ2n) is 6.23. The van der Waals surface area contributed by atoms with Crippen molar-refractivity contribution in [1.29, 1.82) is 0 Å². The minimum atomic E-state index is -4.39. The number of hydrogen-bond acceptors (Lipinski definition) is 5. The Bertz CT molecular complexity index is 1000. The van der Waals surface area contributed by atoms with Crippen LogP contribution in [0.3, 0.4) is 0 Å². The highest BCUT2D eigenvalue weighted by atomic mass is 19.4. The first kappa shape index (κ1) is 21.1. The van der Waals surface area contributed by atoms with Crippen LogP contribution in [0.15, 0.2) is 30.6 Å². The van der Waals surface area contributed by atoms with Gasteiger partial charge < -0.3 is 9.47 Å². The number of halogens is 5. The lowest BCUT2D eigenvalue weighted by Crippen LogP contribution is -2.21. The van der Waals surface area contributed by atoms with Gasteiger partial charge in [0.25, 0.3) is 0 Å². The Morgan fingerprint density at radius 3 is 2.52 bits per heavy atom. The number of rotatable bonds is 7. The molecule has 3 rings (SSSR count). The molecule has 0 saturated carbocycles. The van der Waals surface area contributed by atoms with Crippen LogP contribution >= 0.6 is 0 Å². The van der Waals surface area contributed by atoms with Crippen LogP contribution in [0.2, 0.25) is 0 Å². The Labute approximate surface area is 162 Å². The Kier molecular flexibility index (Phi) is 5.80. The lowest BCUT2D eigenvalue weighted by molar-refractivity contribution is -0.251. The fraction of sp³-hybridized carbons (Fsp3) is 0.389. The third-order valence-corrected chi connectivity index (χ3v) is 3.98. The molecule has 0 N–H and O–H groups in total. The summed E-state index contributed by atoms with van der Waals surface area (Å²) >= 11 is 0. The summed E-state index contributed by atoms with van der Waals surface area (Å²) in [6, 6.07) is 4.88. The van der Waals surface area contributed by atoms with E-state index < -0.39 is 24.7 Å². The quantitative estimate of drug-likeness (QED) is 0.539. The van der Waals surface area contributed by atoms with E-state index in [1.807, 2.05) is 0 Å². The second kappa shape index (κ2) is 7.99. The van der Waals surface area contributed by atoms with Gasteiger partial charge in [0.2, 0.25) is 5.82 Å². The molecule has 1 aromatic carbocycles. The molecule has 3 aromatic rings. The van der Waals surface area contributed by atoms with Gasteiger partial charge in [-0.15, -0.1) is 10.2 Å². The molecule has 2 heterocycles. The lowest BCUT2D eigenvalue weighted by Gasteiger charge is -2.14. The molecular formula is C18H17F5N4O2. The van der Waals surface area contributed by atoms with E-state index in [4.69, 9.17) is 0 Å². The van der Waals surface area contributed by atoms with E-state index in [2.05, 4.69) is 24.7 Å². The molecule has 2 aromatic heterocycles.